The Bertz CT molecular complexity index is 325. The summed E-state index contributed by atoms with van der Waals surface area (Å²) < 4.78 is 0. The van der Waals surface area contributed by atoms with Gasteiger partial charge in [-0.2, -0.15) is 0 Å². The zero-order valence-corrected chi connectivity index (χ0v) is 9.45. The number of nitrogens with one attached hydrogen (secondary N) is 1. The molecule has 1 aliphatic rings. The number of piperazine rings is 1. The molecule has 1 aliphatic heterocycles. The number of carboxylic acid groups (broad SMARTS) is 1. The van der Waals surface area contributed by atoms with Crippen LogP contribution < -0.4 is 5.32 Å². The average Bonchev–Trinajstić information content (AvgIpc) is 2.13. The lowest BCUT2D eigenvalue weighted by atomic mass is 9.98. The Morgan fingerprint density at radius 2 is 2.12 bits per heavy atom. The fraction of sp³-hybridized carbons (Fsp3) is 0.700. The Hall–Kier alpha value is -1.43. The number of nitrogens with zero attached hydrogens (tertiary/aromatic N) is 1. The third kappa shape index (κ3) is 2.79. The van der Waals surface area contributed by atoms with Crippen LogP contribution in [-0.2, 0) is 14.4 Å². The number of aliphatic carboxylic acids is 1. The van der Waals surface area contributed by atoms with E-state index in [4.69, 9.17) is 5.11 Å². The van der Waals surface area contributed by atoms with Gasteiger partial charge in [0.15, 0.2) is 0 Å². The SMILES string of the molecule is CC1(C)C(=O)NC(=O)CN1CCCC(=O)O. The van der Waals surface area contributed by atoms with E-state index in [9.17, 15) is 14.4 Å². The van der Waals surface area contributed by atoms with Crippen molar-refractivity contribution < 1.29 is 19.5 Å². The second kappa shape index (κ2) is 4.61. The van der Waals surface area contributed by atoms with Gasteiger partial charge >= 0.3 is 5.97 Å². The van der Waals surface area contributed by atoms with Gasteiger partial charge in [-0.1, -0.05) is 0 Å². The van der Waals surface area contributed by atoms with Crippen LogP contribution in [-0.4, -0.2) is 46.4 Å². The highest BCUT2D eigenvalue weighted by Gasteiger charge is 2.40. The number of carbonyl (C=O) groups is 3. The molecule has 1 heterocycles. The van der Waals surface area contributed by atoms with E-state index in [-0.39, 0.29) is 24.8 Å². The van der Waals surface area contributed by atoms with Gasteiger partial charge in [-0.25, -0.2) is 0 Å². The normalized spacial score (nSPS) is 20.6. The molecule has 1 saturated heterocycles. The molecule has 1 fully saturated rings. The van der Waals surface area contributed by atoms with Crippen molar-refractivity contribution in [1.82, 2.24) is 10.2 Å². The first-order valence-electron chi connectivity index (χ1n) is 5.15. The molecule has 0 aromatic rings. The molecule has 1 rings (SSSR count). The van der Waals surface area contributed by atoms with E-state index in [1.807, 2.05) is 0 Å². The number of carbonyl (C=O) groups excluding carboxylic acids is 2. The molecule has 0 spiro atoms. The minimum atomic E-state index is -0.870. The molecule has 0 aliphatic carbocycles. The van der Waals surface area contributed by atoms with Crippen LogP contribution in [0.1, 0.15) is 26.7 Å². The number of amides is 2. The van der Waals surface area contributed by atoms with Crippen LogP contribution in [0.15, 0.2) is 0 Å². The Labute approximate surface area is 93.6 Å². The maximum Gasteiger partial charge on any atom is 0.303 e. The van der Waals surface area contributed by atoms with Crippen molar-refractivity contribution in [3.8, 4) is 0 Å². The number of hydrogen-bond donors (Lipinski definition) is 2. The Morgan fingerprint density at radius 3 is 2.69 bits per heavy atom. The largest absolute Gasteiger partial charge is 0.481 e. The summed E-state index contributed by atoms with van der Waals surface area (Å²) in [6.07, 6.45) is 0.474. The minimum absolute atomic E-state index is 0.0440. The van der Waals surface area contributed by atoms with Crippen molar-refractivity contribution in [1.29, 1.82) is 0 Å². The first-order valence-corrected chi connectivity index (χ1v) is 5.15. The quantitative estimate of drug-likeness (QED) is 0.639. The first kappa shape index (κ1) is 12.6. The van der Waals surface area contributed by atoms with E-state index >= 15 is 0 Å². The summed E-state index contributed by atoms with van der Waals surface area (Å²) in [6, 6.07) is 0. The lowest BCUT2D eigenvalue weighted by Gasteiger charge is -2.40. The van der Waals surface area contributed by atoms with Crippen LogP contribution in [0.2, 0.25) is 0 Å². The highest BCUT2D eigenvalue weighted by atomic mass is 16.4. The van der Waals surface area contributed by atoms with Gasteiger partial charge in [0, 0.05) is 13.0 Å². The molecule has 0 aromatic carbocycles. The van der Waals surface area contributed by atoms with Gasteiger partial charge in [0.25, 0.3) is 0 Å². The molecule has 0 bridgehead atoms. The molecule has 0 radical (unpaired) electrons. The van der Waals surface area contributed by atoms with Crippen molar-refractivity contribution in [2.24, 2.45) is 0 Å². The van der Waals surface area contributed by atoms with Gasteiger partial charge < -0.3 is 5.11 Å². The molecular formula is C10H16N2O4. The van der Waals surface area contributed by atoms with Gasteiger partial charge in [-0.3, -0.25) is 24.6 Å². The van der Waals surface area contributed by atoms with Crippen LogP contribution >= 0.6 is 0 Å². The van der Waals surface area contributed by atoms with Crippen molar-refractivity contribution in [2.45, 2.75) is 32.2 Å². The maximum atomic E-state index is 11.5. The molecule has 0 atom stereocenters. The molecule has 2 N–H and O–H groups in total. The maximum absolute atomic E-state index is 11.5. The average molecular weight is 228 g/mol. The molecule has 6 heteroatoms. The Kier molecular flexibility index (Phi) is 3.64. The predicted octanol–water partition coefficient (Wildman–Crippen LogP) is -0.412. The highest BCUT2D eigenvalue weighted by Crippen LogP contribution is 2.18. The van der Waals surface area contributed by atoms with Crippen LogP contribution in [0.25, 0.3) is 0 Å². The fourth-order valence-corrected chi connectivity index (χ4v) is 1.61. The standard InChI is InChI=1S/C10H16N2O4/c1-10(2)9(16)11-7(13)6-12(10)5-3-4-8(14)15/h3-6H2,1-2H3,(H,14,15)(H,11,13,16). The zero-order chi connectivity index (χ0) is 12.3. The van der Waals surface area contributed by atoms with Crippen LogP contribution in [0, 0.1) is 0 Å². The zero-order valence-electron chi connectivity index (χ0n) is 9.45. The lowest BCUT2D eigenvalue weighted by Crippen LogP contribution is -2.64. The van der Waals surface area contributed by atoms with E-state index in [2.05, 4.69) is 5.32 Å². The third-order valence-electron chi connectivity index (χ3n) is 2.75. The molecular weight excluding hydrogens is 212 g/mol. The summed E-state index contributed by atoms with van der Waals surface area (Å²) in [5, 5.41) is 10.8. The first-order chi connectivity index (χ1) is 7.34. The lowest BCUT2D eigenvalue weighted by molar-refractivity contribution is -0.145. The number of hydrogen-bond acceptors (Lipinski definition) is 4. The number of carboxylic acids is 1. The number of imide groups is 1. The van der Waals surface area contributed by atoms with Crippen LogP contribution in [0.3, 0.4) is 0 Å². The van der Waals surface area contributed by atoms with E-state index in [0.29, 0.717) is 13.0 Å². The summed E-state index contributed by atoms with van der Waals surface area (Å²) in [7, 11) is 0. The summed E-state index contributed by atoms with van der Waals surface area (Å²) in [6.45, 7) is 4.00. The van der Waals surface area contributed by atoms with Crippen molar-refractivity contribution >= 4 is 17.8 Å². The van der Waals surface area contributed by atoms with Gasteiger partial charge in [0.1, 0.15) is 0 Å². The van der Waals surface area contributed by atoms with E-state index < -0.39 is 11.5 Å². The van der Waals surface area contributed by atoms with E-state index in [1.54, 1.807) is 18.7 Å². The minimum Gasteiger partial charge on any atom is -0.481 e. The molecule has 16 heavy (non-hydrogen) atoms. The van der Waals surface area contributed by atoms with Crippen molar-refractivity contribution in [3.63, 3.8) is 0 Å². The molecule has 0 aromatic heterocycles. The topological polar surface area (TPSA) is 86.7 Å². The van der Waals surface area contributed by atoms with Gasteiger partial charge in [-0.05, 0) is 20.3 Å². The molecule has 6 nitrogen and oxygen atoms in total. The molecule has 90 valence electrons. The molecule has 0 unspecified atom stereocenters. The Morgan fingerprint density at radius 1 is 1.50 bits per heavy atom. The van der Waals surface area contributed by atoms with Crippen molar-refractivity contribution in [2.75, 3.05) is 13.1 Å². The fourth-order valence-electron chi connectivity index (χ4n) is 1.61. The summed E-state index contributed by atoms with van der Waals surface area (Å²) in [5.74, 6) is -1.54. The second-order valence-electron chi connectivity index (χ2n) is 4.36. The van der Waals surface area contributed by atoms with E-state index in [1.165, 1.54) is 0 Å². The number of rotatable bonds is 4. The van der Waals surface area contributed by atoms with Crippen LogP contribution in [0.5, 0.6) is 0 Å². The van der Waals surface area contributed by atoms with Crippen molar-refractivity contribution in [3.05, 3.63) is 0 Å². The Balaban J connectivity index is 2.58. The van der Waals surface area contributed by atoms with Gasteiger partial charge in [0.2, 0.25) is 11.8 Å². The van der Waals surface area contributed by atoms with Gasteiger partial charge in [-0.15, -0.1) is 0 Å². The smallest absolute Gasteiger partial charge is 0.303 e. The summed E-state index contributed by atoms with van der Waals surface area (Å²) >= 11 is 0. The van der Waals surface area contributed by atoms with Gasteiger partial charge in [0.05, 0.1) is 12.1 Å². The summed E-state index contributed by atoms with van der Waals surface area (Å²) in [5.41, 5.74) is -0.758. The third-order valence-corrected chi connectivity index (χ3v) is 2.75. The van der Waals surface area contributed by atoms with E-state index in [0.717, 1.165) is 0 Å². The second-order valence-corrected chi connectivity index (χ2v) is 4.36. The monoisotopic (exact) mass is 228 g/mol. The molecule has 0 saturated carbocycles. The highest BCUT2D eigenvalue weighted by molar-refractivity contribution is 6.02. The molecule has 2 amide bonds. The predicted molar refractivity (Wildman–Crippen MR) is 55.7 cm³/mol. The summed E-state index contributed by atoms with van der Waals surface area (Å²) in [4.78, 5) is 34.8. The van der Waals surface area contributed by atoms with Crippen LogP contribution in [0.4, 0.5) is 0 Å².